The van der Waals surface area contributed by atoms with Crippen LogP contribution in [-0.2, 0) is 13.1 Å². The molecule has 24 heavy (non-hydrogen) atoms. The maximum atomic E-state index is 10.7. The maximum absolute atomic E-state index is 10.7. The van der Waals surface area contributed by atoms with E-state index >= 15 is 0 Å². The third-order valence-corrected chi connectivity index (χ3v) is 3.71. The van der Waals surface area contributed by atoms with Gasteiger partial charge >= 0.3 is 0 Å². The number of rotatable bonds is 6. The van der Waals surface area contributed by atoms with Gasteiger partial charge in [0, 0.05) is 32.1 Å². The number of pyridine rings is 1. The highest BCUT2D eigenvalue weighted by Gasteiger charge is 2.11. The van der Waals surface area contributed by atoms with Crippen molar-refractivity contribution in [3.8, 4) is 0 Å². The van der Waals surface area contributed by atoms with Crippen LogP contribution in [0, 0.1) is 10.1 Å². The third kappa shape index (κ3) is 3.57. The highest BCUT2D eigenvalue weighted by Crippen LogP contribution is 2.16. The van der Waals surface area contributed by atoms with E-state index in [2.05, 4.69) is 26.7 Å². The smallest absolute Gasteiger partial charge is 0.287 e. The van der Waals surface area contributed by atoms with E-state index in [9.17, 15) is 10.1 Å². The van der Waals surface area contributed by atoms with Gasteiger partial charge in [-0.2, -0.15) is 0 Å². The number of benzene rings is 1. The van der Waals surface area contributed by atoms with Crippen LogP contribution in [0.3, 0.4) is 0 Å². The molecule has 0 bridgehead atoms. The van der Waals surface area contributed by atoms with E-state index in [4.69, 9.17) is 0 Å². The Morgan fingerprint density at radius 2 is 1.96 bits per heavy atom. The molecule has 2 heterocycles. The van der Waals surface area contributed by atoms with Gasteiger partial charge < -0.3 is 9.47 Å². The van der Waals surface area contributed by atoms with E-state index in [1.54, 1.807) is 12.3 Å². The van der Waals surface area contributed by atoms with Crippen molar-refractivity contribution >= 4 is 11.5 Å². The van der Waals surface area contributed by atoms with Crippen molar-refractivity contribution in [2.24, 2.45) is 0 Å². The molecule has 0 radical (unpaired) electrons. The predicted molar refractivity (Wildman–Crippen MR) is 90.8 cm³/mol. The van der Waals surface area contributed by atoms with Crippen molar-refractivity contribution in [1.29, 1.82) is 0 Å². The first-order valence-electron chi connectivity index (χ1n) is 7.49. The number of aromatic nitrogens is 3. The number of anilines is 1. The van der Waals surface area contributed by atoms with Crippen LogP contribution < -0.4 is 4.90 Å². The molecule has 0 unspecified atom stereocenters. The van der Waals surface area contributed by atoms with Crippen LogP contribution in [0.25, 0.3) is 0 Å². The fraction of sp³-hybridized carbons (Fsp3) is 0.176. The highest BCUT2D eigenvalue weighted by atomic mass is 16.6. The zero-order valence-electron chi connectivity index (χ0n) is 13.2. The average molecular weight is 323 g/mol. The second kappa shape index (κ2) is 6.91. The molecule has 0 aliphatic rings. The summed E-state index contributed by atoms with van der Waals surface area (Å²) in [5.41, 5.74) is 1.19. The lowest BCUT2D eigenvalue weighted by molar-refractivity contribution is -0.385. The van der Waals surface area contributed by atoms with Crippen LogP contribution in [-0.4, -0.2) is 26.5 Å². The Kier molecular flexibility index (Phi) is 4.51. The molecule has 7 nitrogen and oxygen atoms in total. The Balaban J connectivity index is 1.72. The summed E-state index contributed by atoms with van der Waals surface area (Å²) in [6.07, 6.45) is 4.98. The standard InChI is InChI=1S/C17H17N5O2/c1-20(16-8-7-15(11-19-16)22(23)24)13-17-18-9-10-21(17)12-14-5-3-2-4-6-14/h2-11H,12-13H2,1H3. The van der Waals surface area contributed by atoms with Gasteiger partial charge in [-0.25, -0.2) is 9.97 Å². The summed E-state index contributed by atoms with van der Waals surface area (Å²) in [6, 6.07) is 13.3. The second-order valence-electron chi connectivity index (χ2n) is 5.44. The van der Waals surface area contributed by atoms with Crippen molar-refractivity contribution in [3.63, 3.8) is 0 Å². The first-order chi connectivity index (χ1) is 11.6. The molecule has 0 aliphatic carbocycles. The molecule has 0 saturated carbocycles. The van der Waals surface area contributed by atoms with Crippen LogP contribution in [0.2, 0.25) is 0 Å². The minimum Gasteiger partial charge on any atom is -0.352 e. The number of nitro groups is 1. The summed E-state index contributed by atoms with van der Waals surface area (Å²) in [6.45, 7) is 1.31. The Hall–Kier alpha value is -3.22. The molecule has 0 N–H and O–H groups in total. The van der Waals surface area contributed by atoms with Crippen LogP contribution >= 0.6 is 0 Å². The summed E-state index contributed by atoms with van der Waals surface area (Å²) >= 11 is 0. The van der Waals surface area contributed by atoms with E-state index in [0.717, 1.165) is 12.4 Å². The van der Waals surface area contributed by atoms with E-state index < -0.39 is 4.92 Å². The summed E-state index contributed by atoms with van der Waals surface area (Å²) in [7, 11) is 1.88. The third-order valence-electron chi connectivity index (χ3n) is 3.71. The highest BCUT2D eigenvalue weighted by molar-refractivity contribution is 5.42. The van der Waals surface area contributed by atoms with Crippen LogP contribution in [0.1, 0.15) is 11.4 Å². The van der Waals surface area contributed by atoms with E-state index in [-0.39, 0.29) is 5.69 Å². The van der Waals surface area contributed by atoms with Gasteiger partial charge in [0.1, 0.15) is 17.8 Å². The fourth-order valence-corrected chi connectivity index (χ4v) is 2.42. The van der Waals surface area contributed by atoms with Crippen molar-refractivity contribution in [1.82, 2.24) is 14.5 Å². The van der Waals surface area contributed by atoms with Crippen molar-refractivity contribution in [2.75, 3.05) is 11.9 Å². The summed E-state index contributed by atoms with van der Waals surface area (Å²) in [5, 5.41) is 10.7. The molecule has 0 spiro atoms. The Morgan fingerprint density at radius 1 is 1.17 bits per heavy atom. The largest absolute Gasteiger partial charge is 0.352 e. The summed E-state index contributed by atoms with van der Waals surface area (Å²) < 4.78 is 2.08. The number of nitrogens with zero attached hydrogens (tertiary/aromatic N) is 5. The lowest BCUT2D eigenvalue weighted by atomic mass is 10.2. The van der Waals surface area contributed by atoms with Gasteiger partial charge in [0.15, 0.2) is 0 Å². The topological polar surface area (TPSA) is 77.1 Å². The minimum absolute atomic E-state index is 0.0160. The van der Waals surface area contributed by atoms with Gasteiger partial charge in [-0.05, 0) is 11.6 Å². The van der Waals surface area contributed by atoms with E-state index in [1.165, 1.54) is 17.8 Å². The Morgan fingerprint density at radius 3 is 2.62 bits per heavy atom. The van der Waals surface area contributed by atoms with Gasteiger partial charge in [0.2, 0.25) is 0 Å². The molecule has 3 aromatic rings. The van der Waals surface area contributed by atoms with Gasteiger partial charge in [0.05, 0.1) is 11.5 Å². The molecule has 122 valence electrons. The summed E-state index contributed by atoms with van der Waals surface area (Å²) in [5.74, 6) is 1.57. The molecule has 0 amide bonds. The predicted octanol–water partition coefficient (Wildman–Crippen LogP) is 2.87. The van der Waals surface area contributed by atoms with E-state index in [0.29, 0.717) is 12.4 Å². The number of imidazole rings is 1. The second-order valence-corrected chi connectivity index (χ2v) is 5.44. The Bertz CT molecular complexity index is 815. The summed E-state index contributed by atoms with van der Waals surface area (Å²) in [4.78, 5) is 20.7. The SMILES string of the molecule is CN(Cc1nccn1Cc1ccccc1)c1ccc([N+](=O)[O-])cn1. The molecule has 0 atom stereocenters. The number of hydrogen-bond donors (Lipinski definition) is 0. The van der Waals surface area contributed by atoms with Crippen LogP contribution in [0.5, 0.6) is 0 Å². The Labute approximate surface area is 139 Å². The normalized spacial score (nSPS) is 10.5. The lowest BCUT2D eigenvalue weighted by Crippen LogP contribution is -2.20. The van der Waals surface area contributed by atoms with Gasteiger partial charge in [-0.1, -0.05) is 30.3 Å². The lowest BCUT2D eigenvalue weighted by Gasteiger charge is -2.18. The zero-order chi connectivity index (χ0) is 16.9. The number of hydrogen-bond acceptors (Lipinski definition) is 5. The maximum Gasteiger partial charge on any atom is 0.287 e. The van der Waals surface area contributed by atoms with Crippen LogP contribution in [0.15, 0.2) is 61.1 Å². The first kappa shape index (κ1) is 15.7. The molecule has 1 aromatic carbocycles. The monoisotopic (exact) mass is 323 g/mol. The van der Waals surface area contributed by atoms with Gasteiger partial charge in [-0.3, -0.25) is 10.1 Å². The molecule has 0 aliphatic heterocycles. The van der Waals surface area contributed by atoms with Crippen molar-refractivity contribution in [3.05, 3.63) is 82.6 Å². The van der Waals surface area contributed by atoms with Crippen molar-refractivity contribution < 1.29 is 4.92 Å². The van der Waals surface area contributed by atoms with Gasteiger partial charge in [0.25, 0.3) is 5.69 Å². The zero-order valence-corrected chi connectivity index (χ0v) is 13.2. The molecular weight excluding hydrogens is 306 g/mol. The van der Waals surface area contributed by atoms with Crippen LogP contribution in [0.4, 0.5) is 11.5 Å². The molecule has 0 saturated heterocycles. The van der Waals surface area contributed by atoms with E-state index in [1.807, 2.05) is 36.3 Å². The van der Waals surface area contributed by atoms with Crippen molar-refractivity contribution in [2.45, 2.75) is 13.1 Å². The molecule has 3 rings (SSSR count). The minimum atomic E-state index is -0.455. The molecule has 7 heteroatoms. The van der Waals surface area contributed by atoms with Gasteiger partial charge in [-0.15, -0.1) is 0 Å². The average Bonchev–Trinajstić information content (AvgIpc) is 3.02. The molecule has 0 fully saturated rings. The quantitative estimate of drug-likeness (QED) is 0.515. The molecule has 2 aromatic heterocycles. The molecular formula is C17H17N5O2. The first-order valence-corrected chi connectivity index (χ1v) is 7.49. The fourth-order valence-electron chi connectivity index (χ4n) is 2.42.